The monoisotopic (exact) mass is 497 g/mol. The number of nitrogens with zero attached hydrogens (tertiary/aromatic N) is 1. The summed E-state index contributed by atoms with van der Waals surface area (Å²) in [7, 11) is -7.60. The molecule has 4 aromatic rings. The first kappa shape index (κ1) is 24.2. The summed E-state index contributed by atoms with van der Waals surface area (Å²) >= 11 is 0. The second-order valence-electron chi connectivity index (χ2n) is 8.32. The average Bonchev–Trinajstić information content (AvgIpc) is 3.18. The molecule has 0 aliphatic carbocycles. The molecule has 0 radical (unpaired) electrons. The van der Waals surface area contributed by atoms with Crippen molar-refractivity contribution in [3.63, 3.8) is 0 Å². The van der Waals surface area contributed by atoms with Gasteiger partial charge in [0.2, 0.25) is 0 Å². The van der Waals surface area contributed by atoms with E-state index in [0.29, 0.717) is 30.5 Å². The van der Waals surface area contributed by atoms with Gasteiger partial charge in [-0.1, -0.05) is 53.6 Å². The van der Waals surface area contributed by atoms with E-state index in [-0.39, 0.29) is 16.4 Å². The number of aryl methyl sites for hydroxylation is 3. The van der Waals surface area contributed by atoms with Crippen LogP contribution in [0.4, 0.5) is 0 Å². The van der Waals surface area contributed by atoms with Crippen LogP contribution < -0.4 is 0 Å². The van der Waals surface area contributed by atoms with Crippen LogP contribution in [0.5, 0.6) is 0 Å². The molecule has 0 bridgehead atoms. The third-order valence-corrected chi connectivity index (χ3v) is 8.78. The van der Waals surface area contributed by atoms with Gasteiger partial charge in [-0.3, -0.25) is 4.18 Å². The number of aromatic nitrogens is 1. The molecule has 6 nitrogen and oxygen atoms in total. The van der Waals surface area contributed by atoms with Gasteiger partial charge in [-0.2, -0.15) is 8.42 Å². The van der Waals surface area contributed by atoms with Gasteiger partial charge in [-0.15, -0.1) is 0 Å². The first-order valence-electron chi connectivity index (χ1n) is 11.1. The molecule has 178 valence electrons. The Morgan fingerprint density at radius 3 is 1.97 bits per heavy atom. The van der Waals surface area contributed by atoms with Gasteiger partial charge in [-0.25, -0.2) is 12.4 Å². The number of hydrogen-bond acceptors (Lipinski definition) is 5. The lowest BCUT2D eigenvalue weighted by Gasteiger charge is -2.12. The maximum Gasteiger partial charge on any atom is 0.296 e. The van der Waals surface area contributed by atoms with Crippen molar-refractivity contribution < 1.29 is 21.0 Å². The summed E-state index contributed by atoms with van der Waals surface area (Å²) in [5.74, 6) is 0. The minimum atomic E-state index is -3.81. The Morgan fingerprint density at radius 2 is 1.32 bits per heavy atom. The van der Waals surface area contributed by atoms with Crippen molar-refractivity contribution in [2.24, 2.45) is 0 Å². The van der Waals surface area contributed by atoms with E-state index in [1.165, 1.54) is 16.1 Å². The number of hydrogen-bond donors (Lipinski definition) is 0. The number of rotatable bonds is 9. The van der Waals surface area contributed by atoms with Crippen LogP contribution in [-0.4, -0.2) is 27.4 Å². The molecule has 3 aromatic carbocycles. The van der Waals surface area contributed by atoms with Crippen LogP contribution in [0, 0.1) is 13.8 Å². The van der Waals surface area contributed by atoms with E-state index in [4.69, 9.17) is 4.18 Å². The van der Waals surface area contributed by atoms with Gasteiger partial charge in [0.25, 0.3) is 20.1 Å². The molecule has 1 heterocycles. The third kappa shape index (κ3) is 5.09. The molecule has 4 rings (SSSR count). The molecule has 0 atom stereocenters. The zero-order chi connectivity index (χ0) is 24.3. The first-order valence-corrected chi connectivity index (χ1v) is 13.9. The Bertz CT molecular complexity index is 1500. The predicted octanol–water partition coefficient (Wildman–Crippen LogP) is 5.22. The maximum atomic E-state index is 13.5. The highest BCUT2D eigenvalue weighted by atomic mass is 32.2. The fourth-order valence-corrected chi connectivity index (χ4v) is 6.32. The third-order valence-electron chi connectivity index (χ3n) is 5.67. The van der Waals surface area contributed by atoms with E-state index in [1.807, 2.05) is 38.1 Å². The molecule has 0 N–H and O–H groups in total. The second-order valence-corrected chi connectivity index (χ2v) is 11.7. The van der Waals surface area contributed by atoms with Crippen molar-refractivity contribution >= 4 is 31.0 Å². The Kier molecular flexibility index (Phi) is 6.93. The van der Waals surface area contributed by atoms with Gasteiger partial charge in [0.15, 0.2) is 0 Å². The Hall–Kier alpha value is -2.94. The smallest absolute Gasteiger partial charge is 0.266 e. The molecule has 1 aromatic heterocycles. The zero-order valence-electron chi connectivity index (χ0n) is 19.1. The number of benzene rings is 3. The van der Waals surface area contributed by atoms with E-state index < -0.39 is 20.1 Å². The first-order chi connectivity index (χ1) is 16.2. The lowest BCUT2D eigenvalue weighted by molar-refractivity contribution is 0.308. The summed E-state index contributed by atoms with van der Waals surface area (Å²) in [6.45, 7) is 3.82. The van der Waals surface area contributed by atoms with Crippen LogP contribution in [0.15, 0.2) is 88.7 Å². The van der Waals surface area contributed by atoms with Crippen molar-refractivity contribution in [3.05, 3.63) is 95.7 Å². The van der Waals surface area contributed by atoms with Crippen molar-refractivity contribution in [1.82, 2.24) is 3.97 Å². The fourth-order valence-electron chi connectivity index (χ4n) is 3.81. The van der Waals surface area contributed by atoms with E-state index in [1.54, 1.807) is 42.5 Å². The highest BCUT2D eigenvalue weighted by Gasteiger charge is 2.23. The van der Waals surface area contributed by atoms with Crippen LogP contribution >= 0.6 is 0 Å². The molecule has 0 aliphatic heterocycles. The second kappa shape index (κ2) is 9.74. The topological polar surface area (TPSA) is 82.4 Å². The summed E-state index contributed by atoms with van der Waals surface area (Å²) in [6, 6.07) is 22.6. The summed E-state index contributed by atoms with van der Waals surface area (Å²) < 4.78 is 58.3. The lowest BCUT2D eigenvalue weighted by atomic mass is 10.2. The van der Waals surface area contributed by atoms with Crippen LogP contribution in [0.1, 0.15) is 29.7 Å². The van der Waals surface area contributed by atoms with Gasteiger partial charge < -0.3 is 0 Å². The molecular weight excluding hydrogens is 470 g/mol. The van der Waals surface area contributed by atoms with Crippen molar-refractivity contribution in [3.8, 4) is 0 Å². The molecule has 0 saturated carbocycles. The van der Waals surface area contributed by atoms with E-state index in [0.717, 1.165) is 16.5 Å². The number of fused-ring (bicyclic) bond motifs is 1. The lowest BCUT2D eigenvalue weighted by Crippen LogP contribution is -2.16. The van der Waals surface area contributed by atoms with Crippen molar-refractivity contribution in [2.45, 2.75) is 42.9 Å². The molecule has 0 fully saturated rings. The van der Waals surface area contributed by atoms with E-state index >= 15 is 0 Å². The highest BCUT2D eigenvalue weighted by Crippen LogP contribution is 2.27. The Balaban J connectivity index is 1.49. The van der Waals surface area contributed by atoms with E-state index in [9.17, 15) is 16.8 Å². The van der Waals surface area contributed by atoms with Gasteiger partial charge in [-0.05, 0) is 69.5 Å². The largest absolute Gasteiger partial charge is 0.296 e. The van der Waals surface area contributed by atoms with Crippen molar-refractivity contribution in [2.75, 3.05) is 6.61 Å². The zero-order valence-corrected chi connectivity index (χ0v) is 20.8. The quantitative estimate of drug-likeness (QED) is 0.234. The van der Waals surface area contributed by atoms with Crippen LogP contribution in [0.2, 0.25) is 0 Å². The van der Waals surface area contributed by atoms with Crippen molar-refractivity contribution in [1.29, 1.82) is 0 Å². The molecule has 0 spiro atoms. The van der Waals surface area contributed by atoms with Crippen LogP contribution in [-0.2, 0) is 30.7 Å². The molecule has 0 unspecified atom stereocenters. The van der Waals surface area contributed by atoms with E-state index in [2.05, 4.69) is 0 Å². The molecule has 8 heteroatoms. The normalized spacial score (nSPS) is 12.3. The van der Waals surface area contributed by atoms with Crippen LogP contribution in [0.25, 0.3) is 10.9 Å². The predicted molar refractivity (Wildman–Crippen MR) is 133 cm³/mol. The fraction of sp³-hybridized carbons (Fsp3) is 0.231. The molecular formula is C26H27NO5S2. The number of unbranched alkanes of at least 4 members (excludes halogenated alkanes) is 1. The van der Waals surface area contributed by atoms with Gasteiger partial charge >= 0.3 is 0 Å². The highest BCUT2D eigenvalue weighted by molar-refractivity contribution is 7.90. The van der Waals surface area contributed by atoms with Gasteiger partial charge in [0.05, 0.1) is 21.9 Å². The Labute approximate surface area is 201 Å². The summed E-state index contributed by atoms with van der Waals surface area (Å²) in [5, 5.41) is 0.839. The Morgan fingerprint density at radius 1 is 0.735 bits per heavy atom. The molecule has 0 saturated heterocycles. The molecule has 0 amide bonds. The molecule has 34 heavy (non-hydrogen) atoms. The summed E-state index contributed by atoms with van der Waals surface area (Å²) in [6.07, 6.45) is 1.51. The standard InChI is InChI=1S/C26H27NO5S2/c1-20-10-14-24(15-11-20)33(28,29)27-23(19-22-7-3-4-9-26(22)27)8-5-6-18-32-34(30,31)25-16-12-21(2)13-17-25/h3-4,7,9-17,19H,5-6,8,18H2,1-2H3. The van der Waals surface area contributed by atoms with Crippen LogP contribution in [0.3, 0.4) is 0 Å². The molecule has 0 aliphatic rings. The summed E-state index contributed by atoms with van der Waals surface area (Å²) in [5.41, 5.74) is 3.23. The minimum absolute atomic E-state index is 0.0289. The minimum Gasteiger partial charge on any atom is -0.266 e. The summed E-state index contributed by atoms with van der Waals surface area (Å²) in [4.78, 5) is 0.357. The average molecular weight is 498 g/mol. The SMILES string of the molecule is Cc1ccc(S(=O)(=O)OCCCCc2cc3ccccc3n2S(=O)(=O)c2ccc(C)cc2)cc1. The number of para-hydroxylation sites is 1. The van der Waals surface area contributed by atoms with Gasteiger partial charge in [0, 0.05) is 11.1 Å². The maximum absolute atomic E-state index is 13.5. The van der Waals surface area contributed by atoms with Gasteiger partial charge in [0.1, 0.15) is 0 Å².